The molecule has 0 saturated heterocycles. The lowest BCUT2D eigenvalue weighted by molar-refractivity contribution is 0.901. The molecule has 0 spiro atoms. The lowest BCUT2D eigenvalue weighted by Crippen LogP contribution is -2.03. The summed E-state index contributed by atoms with van der Waals surface area (Å²) in [5.74, 6) is 0. The first kappa shape index (κ1) is 12.2. The number of hydrogen-bond acceptors (Lipinski definition) is 2. The molecule has 3 rings (SSSR count). The highest BCUT2D eigenvalue weighted by atomic mass is 79.9. The SMILES string of the molecule is CCNc1c2c(nc3c(Cl)cc(Br)cc13)CCC2. The van der Waals surface area contributed by atoms with E-state index in [1.165, 1.54) is 23.4 Å². The molecule has 1 aromatic heterocycles. The van der Waals surface area contributed by atoms with Gasteiger partial charge in [0, 0.05) is 27.8 Å². The molecule has 0 unspecified atom stereocenters. The minimum atomic E-state index is 0.716. The zero-order valence-electron chi connectivity index (χ0n) is 10.2. The summed E-state index contributed by atoms with van der Waals surface area (Å²) in [5, 5.41) is 5.32. The fourth-order valence-corrected chi connectivity index (χ4v) is 3.52. The monoisotopic (exact) mass is 324 g/mol. The molecule has 0 bridgehead atoms. The second-order valence-corrected chi connectivity index (χ2v) is 5.90. The first-order valence-electron chi connectivity index (χ1n) is 6.25. The Balaban J connectivity index is 2.38. The van der Waals surface area contributed by atoms with Gasteiger partial charge in [0.05, 0.1) is 10.5 Å². The van der Waals surface area contributed by atoms with Gasteiger partial charge in [-0.05, 0) is 43.9 Å². The van der Waals surface area contributed by atoms with Gasteiger partial charge in [-0.15, -0.1) is 0 Å². The van der Waals surface area contributed by atoms with Crippen molar-refractivity contribution >= 4 is 44.1 Å². The third-order valence-corrected chi connectivity index (χ3v) is 4.13. The molecule has 1 heterocycles. The highest BCUT2D eigenvalue weighted by Crippen LogP contribution is 2.38. The highest BCUT2D eigenvalue weighted by Gasteiger charge is 2.20. The molecule has 4 heteroatoms. The largest absolute Gasteiger partial charge is 0.384 e. The summed E-state index contributed by atoms with van der Waals surface area (Å²) >= 11 is 9.83. The molecular formula is C14H14BrClN2. The molecule has 0 aliphatic heterocycles. The average Bonchev–Trinajstić information content (AvgIpc) is 2.78. The maximum atomic E-state index is 6.32. The molecule has 0 amide bonds. The van der Waals surface area contributed by atoms with Gasteiger partial charge >= 0.3 is 0 Å². The van der Waals surface area contributed by atoms with Crippen molar-refractivity contribution < 1.29 is 0 Å². The Hall–Kier alpha value is -0.800. The molecule has 0 atom stereocenters. The highest BCUT2D eigenvalue weighted by molar-refractivity contribution is 9.10. The first-order valence-corrected chi connectivity index (χ1v) is 7.42. The minimum Gasteiger partial charge on any atom is -0.384 e. The molecule has 94 valence electrons. The summed E-state index contributed by atoms with van der Waals surface area (Å²) < 4.78 is 0.999. The molecule has 0 radical (unpaired) electrons. The Morgan fingerprint density at radius 3 is 3.00 bits per heavy atom. The summed E-state index contributed by atoms with van der Waals surface area (Å²) in [5.41, 5.74) is 4.72. The van der Waals surface area contributed by atoms with Gasteiger partial charge in [-0.25, -0.2) is 0 Å². The Morgan fingerprint density at radius 1 is 1.39 bits per heavy atom. The van der Waals surface area contributed by atoms with Crippen LogP contribution in [0.3, 0.4) is 0 Å². The summed E-state index contributed by atoms with van der Waals surface area (Å²) in [6.45, 7) is 3.03. The number of pyridine rings is 1. The quantitative estimate of drug-likeness (QED) is 0.875. The summed E-state index contributed by atoms with van der Waals surface area (Å²) in [6, 6.07) is 4.01. The number of hydrogen-bond donors (Lipinski definition) is 1. The van der Waals surface area contributed by atoms with E-state index in [2.05, 4.69) is 34.2 Å². The van der Waals surface area contributed by atoms with Crippen molar-refractivity contribution in [3.05, 3.63) is 32.9 Å². The second kappa shape index (κ2) is 4.71. The van der Waals surface area contributed by atoms with Crippen LogP contribution in [0.2, 0.25) is 5.02 Å². The topological polar surface area (TPSA) is 24.9 Å². The van der Waals surface area contributed by atoms with E-state index in [9.17, 15) is 0 Å². The number of anilines is 1. The fourth-order valence-electron chi connectivity index (χ4n) is 2.67. The first-order chi connectivity index (χ1) is 8.70. The number of aryl methyl sites for hydroxylation is 1. The maximum Gasteiger partial charge on any atom is 0.0913 e. The number of benzene rings is 1. The predicted octanol–water partition coefficient (Wildman–Crippen LogP) is 4.57. The van der Waals surface area contributed by atoms with Gasteiger partial charge in [-0.3, -0.25) is 4.98 Å². The van der Waals surface area contributed by atoms with Crippen molar-refractivity contribution in [1.82, 2.24) is 4.98 Å². The second-order valence-electron chi connectivity index (χ2n) is 4.58. The third kappa shape index (κ3) is 1.90. The van der Waals surface area contributed by atoms with Crippen LogP contribution in [-0.4, -0.2) is 11.5 Å². The van der Waals surface area contributed by atoms with Crippen LogP contribution >= 0.6 is 27.5 Å². The van der Waals surface area contributed by atoms with E-state index < -0.39 is 0 Å². The standard InChI is InChI=1S/C14H14BrClN2/c1-2-17-13-9-4-3-5-12(9)18-14-10(13)6-8(15)7-11(14)16/h6-7H,2-5H2,1H3,(H,17,18). The number of halogens is 2. The van der Waals surface area contributed by atoms with Crippen LogP contribution in [0.5, 0.6) is 0 Å². The number of nitrogens with one attached hydrogen (secondary N) is 1. The molecule has 1 aromatic carbocycles. The molecular weight excluding hydrogens is 312 g/mol. The Bertz CT molecular complexity index is 625. The van der Waals surface area contributed by atoms with E-state index in [4.69, 9.17) is 16.6 Å². The van der Waals surface area contributed by atoms with E-state index in [1.807, 2.05) is 6.07 Å². The van der Waals surface area contributed by atoms with Crippen molar-refractivity contribution in [2.24, 2.45) is 0 Å². The summed E-state index contributed by atoms with van der Waals surface area (Å²) in [6.07, 6.45) is 3.37. The van der Waals surface area contributed by atoms with Crippen LogP contribution in [0.1, 0.15) is 24.6 Å². The molecule has 2 nitrogen and oxygen atoms in total. The zero-order chi connectivity index (χ0) is 12.7. The maximum absolute atomic E-state index is 6.32. The van der Waals surface area contributed by atoms with E-state index in [-0.39, 0.29) is 0 Å². The van der Waals surface area contributed by atoms with Crippen LogP contribution in [0.25, 0.3) is 10.9 Å². The smallest absolute Gasteiger partial charge is 0.0913 e. The lowest BCUT2D eigenvalue weighted by atomic mass is 10.1. The molecule has 0 fully saturated rings. The molecule has 18 heavy (non-hydrogen) atoms. The van der Waals surface area contributed by atoms with E-state index in [1.54, 1.807) is 0 Å². The number of nitrogens with zero attached hydrogens (tertiary/aromatic N) is 1. The van der Waals surface area contributed by atoms with E-state index in [0.29, 0.717) is 5.02 Å². The molecule has 0 saturated carbocycles. The fraction of sp³-hybridized carbons (Fsp3) is 0.357. The average molecular weight is 326 g/mol. The Kier molecular flexibility index (Phi) is 3.20. The van der Waals surface area contributed by atoms with Crippen LogP contribution in [0.15, 0.2) is 16.6 Å². The van der Waals surface area contributed by atoms with Crippen LogP contribution < -0.4 is 5.32 Å². The molecule has 1 aliphatic carbocycles. The summed E-state index contributed by atoms with van der Waals surface area (Å²) in [7, 11) is 0. The van der Waals surface area contributed by atoms with Gasteiger partial charge in [0.2, 0.25) is 0 Å². The number of aromatic nitrogens is 1. The van der Waals surface area contributed by atoms with E-state index >= 15 is 0 Å². The van der Waals surface area contributed by atoms with Gasteiger partial charge in [0.25, 0.3) is 0 Å². The zero-order valence-corrected chi connectivity index (χ0v) is 12.5. The van der Waals surface area contributed by atoms with Gasteiger partial charge in [-0.2, -0.15) is 0 Å². The molecule has 1 N–H and O–H groups in total. The Morgan fingerprint density at radius 2 is 2.22 bits per heavy atom. The van der Waals surface area contributed by atoms with Crippen LogP contribution in [0, 0.1) is 0 Å². The lowest BCUT2D eigenvalue weighted by Gasteiger charge is -2.14. The van der Waals surface area contributed by atoms with Gasteiger partial charge in [0.1, 0.15) is 0 Å². The van der Waals surface area contributed by atoms with Gasteiger partial charge in [0.15, 0.2) is 0 Å². The van der Waals surface area contributed by atoms with E-state index in [0.717, 1.165) is 34.8 Å². The normalized spacial score (nSPS) is 13.9. The molecule has 2 aromatic rings. The van der Waals surface area contributed by atoms with Gasteiger partial charge in [-0.1, -0.05) is 27.5 Å². The van der Waals surface area contributed by atoms with Crippen molar-refractivity contribution in [1.29, 1.82) is 0 Å². The van der Waals surface area contributed by atoms with Gasteiger partial charge < -0.3 is 5.32 Å². The Labute approximate surface area is 120 Å². The van der Waals surface area contributed by atoms with Crippen molar-refractivity contribution in [3.63, 3.8) is 0 Å². The van der Waals surface area contributed by atoms with Crippen LogP contribution in [-0.2, 0) is 12.8 Å². The van der Waals surface area contributed by atoms with Crippen molar-refractivity contribution in [2.75, 3.05) is 11.9 Å². The number of fused-ring (bicyclic) bond motifs is 2. The van der Waals surface area contributed by atoms with Crippen molar-refractivity contribution in [3.8, 4) is 0 Å². The third-order valence-electron chi connectivity index (χ3n) is 3.39. The minimum absolute atomic E-state index is 0.716. The van der Waals surface area contributed by atoms with Crippen LogP contribution in [0.4, 0.5) is 5.69 Å². The molecule has 1 aliphatic rings. The predicted molar refractivity (Wildman–Crippen MR) is 80.6 cm³/mol. The van der Waals surface area contributed by atoms with Crippen molar-refractivity contribution in [2.45, 2.75) is 26.2 Å². The summed E-state index contributed by atoms with van der Waals surface area (Å²) in [4.78, 5) is 4.75. The number of rotatable bonds is 2.